The van der Waals surface area contributed by atoms with Crippen LogP contribution in [0.3, 0.4) is 0 Å². The lowest BCUT2D eigenvalue weighted by molar-refractivity contribution is -0.131. The van der Waals surface area contributed by atoms with E-state index in [9.17, 15) is 9.59 Å². The summed E-state index contributed by atoms with van der Waals surface area (Å²) in [5.74, 6) is -0.863. The van der Waals surface area contributed by atoms with Gasteiger partial charge in [0.2, 0.25) is 5.91 Å². The van der Waals surface area contributed by atoms with E-state index in [-0.39, 0.29) is 0 Å². The maximum absolute atomic E-state index is 11.0. The largest absolute Gasteiger partial charge is 0.488 e. The molecule has 3 N–H and O–H groups in total. The molecule has 0 unspecified atom stereocenters. The van der Waals surface area contributed by atoms with Gasteiger partial charge in [0.15, 0.2) is 0 Å². The van der Waals surface area contributed by atoms with Gasteiger partial charge in [-0.2, -0.15) is 0 Å². The van der Waals surface area contributed by atoms with Gasteiger partial charge in [0.05, 0.1) is 0 Å². The van der Waals surface area contributed by atoms with E-state index in [0.29, 0.717) is 17.9 Å². The van der Waals surface area contributed by atoms with E-state index in [4.69, 9.17) is 15.6 Å². The first-order chi connectivity index (χ1) is 10.1. The predicted molar refractivity (Wildman–Crippen MR) is 80.3 cm³/mol. The van der Waals surface area contributed by atoms with Gasteiger partial charge in [-0.05, 0) is 47.4 Å². The van der Waals surface area contributed by atoms with Crippen molar-refractivity contribution in [2.24, 2.45) is 5.73 Å². The van der Waals surface area contributed by atoms with Gasteiger partial charge >= 0.3 is 5.97 Å². The van der Waals surface area contributed by atoms with Crippen molar-refractivity contribution in [2.75, 3.05) is 0 Å². The van der Waals surface area contributed by atoms with Crippen molar-refractivity contribution >= 4 is 29.3 Å². The number of carboxylic acid groups (broad SMARTS) is 1. The zero-order valence-electron chi connectivity index (χ0n) is 11.0. The van der Waals surface area contributed by atoms with Crippen LogP contribution in [0, 0.1) is 0 Å². The molecule has 0 saturated heterocycles. The molecule has 2 aromatic rings. The van der Waals surface area contributed by atoms with E-state index in [1.165, 1.54) is 17.4 Å². The predicted octanol–water partition coefficient (Wildman–Crippen LogP) is 2.52. The summed E-state index contributed by atoms with van der Waals surface area (Å²) >= 11 is 1.49. The van der Waals surface area contributed by atoms with Crippen LogP contribution in [0.1, 0.15) is 20.8 Å². The number of aliphatic carboxylic acids is 1. The third-order valence-electron chi connectivity index (χ3n) is 2.69. The minimum Gasteiger partial charge on any atom is -0.488 e. The molecule has 0 saturated carbocycles. The third kappa shape index (κ3) is 4.19. The second-order valence-electron chi connectivity index (χ2n) is 4.15. The highest BCUT2D eigenvalue weighted by molar-refractivity contribution is 7.10. The molecule has 21 heavy (non-hydrogen) atoms. The summed E-state index contributed by atoms with van der Waals surface area (Å²) < 4.78 is 5.61. The van der Waals surface area contributed by atoms with Crippen molar-refractivity contribution in [1.29, 1.82) is 0 Å². The average Bonchev–Trinajstić information content (AvgIpc) is 2.90. The van der Waals surface area contributed by atoms with Gasteiger partial charge in [0.1, 0.15) is 12.4 Å². The van der Waals surface area contributed by atoms with E-state index < -0.39 is 11.9 Å². The lowest BCUT2D eigenvalue weighted by Crippen LogP contribution is -2.10. The summed E-state index contributed by atoms with van der Waals surface area (Å²) in [5, 5.41) is 10.5. The molecule has 0 aliphatic carbocycles. The highest BCUT2D eigenvalue weighted by atomic mass is 32.1. The highest BCUT2D eigenvalue weighted by Crippen LogP contribution is 2.21. The van der Waals surface area contributed by atoms with Crippen LogP contribution < -0.4 is 10.5 Å². The van der Waals surface area contributed by atoms with Crippen molar-refractivity contribution in [3.8, 4) is 5.75 Å². The monoisotopic (exact) mass is 303 g/mol. The van der Waals surface area contributed by atoms with Gasteiger partial charge in [-0.3, -0.25) is 4.79 Å². The van der Waals surface area contributed by atoms with Crippen LogP contribution in [0.2, 0.25) is 0 Å². The molecular weight excluding hydrogens is 290 g/mol. The van der Waals surface area contributed by atoms with Crippen LogP contribution in [0.15, 0.2) is 41.8 Å². The van der Waals surface area contributed by atoms with Gasteiger partial charge in [-0.25, -0.2) is 4.79 Å². The number of rotatable bonds is 6. The van der Waals surface area contributed by atoms with Crippen LogP contribution in [0.4, 0.5) is 0 Å². The van der Waals surface area contributed by atoms with E-state index in [0.717, 1.165) is 16.5 Å². The fourth-order valence-corrected chi connectivity index (χ4v) is 2.42. The smallest absolute Gasteiger partial charge is 0.328 e. The number of carbonyl (C=O) groups excluding carboxylic acids is 1. The molecule has 1 aromatic heterocycles. The van der Waals surface area contributed by atoms with Crippen LogP contribution >= 0.6 is 11.3 Å². The first kappa shape index (κ1) is 14.8. The van der Waals surface area contributed by atoms with Gasteiger partial charge in [0, 0.05) is 16.5 Å². The molecule has 0 fully saturated rings. The van der Waals surface area contributed by atoms with Crippen molar-refractivity contribution in [2.45, 2.75) is 6.61 Å². The van der Waals surface area contributed by atoms with Crippen LogP contribution in [0.25, 0.3) is 6.08 Å². The first-order valence-corrected chi connectivity index (χ1v) is 6.94. The van der Waals surface area contributed by atoms with Crippen molar-refractivity contribution in [3.05, 3.63) is 57.8 Å². The Balaban J connectivity index is 2.01. The summed E-state index contributed by atoms with van der Waals surface area (Å²) in [6.45, 7) is 0.326. The van der Waals surface area contributed by atoms with E-state index >= 15 is 0 Å². The second-order valence-corrected chi connectivity index (χ2v) is 5.15. The SMILES string of the molecule is NC(=O)c1ccc(OCc2sccc2C=CC(=O)O)cc1. The Morgan fingerprint density at radius 3 is 2.57 bits per heavy atom. The fraction of sp³-hybridized carbons (Fsp3) is 0.0667. The Bertz CT molecular complexity index is 673. The number of carboxylic acids is 1. The fourth-order valence-electron chi connectivity index (χ4n) is 1.64. The Hall–Kier alpha value is -2.60. The molecule has 2 rings (SSSR count). The molecule has 0 radical (unpaired) electrons. The second kappa shape index (κ2) is 6.71. The summed E-state index contributed by atoms with van der Waals surface area (Å²) in [6.07, 6.45) is 2.63. The topological polar surface area (TPSA) is 89.6 Å². The number of primary amides is 1. The van der Waals surface area contributed by atoms with Gasteiger partial charge < -0.3 is 15.6 Å². The molecule has 0 atom stereocenters. The van der Waals surface area contributed by atoms with Crippen LogP contribution in [-0.2, 0) is 11.4 Å². The summed E-state index contributed by atoms with van der Waals surface area (Å²) in [7, 11) is 0. The molecule has 0 spiro atoms. The summed E-state index contributed by atoms with van der Waals surface area (Å²) in [5.41, 5.74) is 6.39. The molecule has 0 aliphatic heterocycles. The van der Waals surface area contributed by atoms with Crippen molar-refractivity contribution in [1.82, 2.24) is 0 Å². The highest BCUT2D eigenvalue weighted by Gasteiger charge is 2.04. The molecule has 108 valence electrons. The molecule has 5 nitrogen and oxygen atoms in total. The number of ether oxygens (including phenoxy) is 1. The molecule has 1 heterocycles. The summed E-state index contributed by atoms with van der Waals surface area (Å²) in [6, 6.07) is 8.36. The van der Waals surface area contributed by atoms with Crippen LogP contribution in [-0.4, -0.2) is 17.0 Å². The number of carbonyl (C=O) groups is 2. The van der Waals surface area contributed by atoms with Crippen LogP contribution in [0.5, 0.6) is 5.75 Å². The lowest BCUT2D eigenvalue weighted by Gasteiger charge is -2.06. The minimum atomic E-state index is -0.991. The third-order valence-corrected chi connectivity index (χ3v) is 3.60. The van der Waals surface area contributed by atoms with E-state index in [2.05, 4.69) is 0 Å². The van der Waals surface area contributed by atoms with Gasteiger partial charge in [-0.1, -0.05) is 0 Å². The number of nitrogens with two attached hydrogens (primary N) is 1. The molecule has 1 amide bonds. The Labute approximate surface area is 125 Å². The maximum Gasteiger partial charge on any atom is 0.328 e. The summed E-state index contributed by atoms with van der Waals surface area (Å²) in [4.78, 5) is 22.4. The van der Waals surface area contributed by atoms with Crippen molar-refractivity contribution < 1.29 is 19.4 Å². The zero-order valence-corrected chi connectivity index (χ0v) is 11.8. The normalized spacial score (nSPS) is 10.7. The lowest BCUT2D eigenvalue weighted by atomic mass is 10.2. The van der Waals surface area contributed by atoms with E-state index in [1.807, 2.05) is 11.4 Å². The standard InChI is InChI=1S/C15H13NO4S/c16-15(19)11-1-4-12(5-2-11)20-9-13-10(7-8-21-13)3-6-14(17)18/h1-8H,9H2,(H2,16,19)(H,17,18). The number of hydrogen-bond donors (Lipinski definition) is 2. The van der Waals surface area contributed by atoms with Gasteiger partial charge in [-0.15, -0.1) is 11.3 Å². The van der Waals surface area contributed by atoms with E-state index in [1.54, 1.807) is 24.3 Å². The molecule has 0 bridgehead atoms. The maximum atomic E-state index is 11.0. The number of amides is 1. The Kier molecular flexibility index (Phi) is 4.73. The Morgan fingerprint density at radius 2 is 1.95 bits per heavy atom. The van der Waals surface area contributed by atoms with Crippen molar-refractivity contribution in [3.63, 3.8) is 0 Å². The first-order valence-electron chi connectivity index (χ1n) is 6.06. The number of thiophene rings is 1. The van der Waals surface area contributed by atoms with Gasteiger partial charge in [0.25, 0.3) is 0 Å². The quantitative estimate of drug-likeness (QED) is 0.802. The average molecular weight is 303 g/mol. The Morgan fingerprint density at radius 1 is 1.24 bits per heavy atom. The molecule has 0 aliphatic rings. The molecule has 6 heteroatoms. The number of benzene rings is 1. The number of hydrogen-bond acceptors (Lipinski definition) is 4. The zero-order chi connectivity index (χ0) is 15.2. The minimum absolute atomic E-state index is 0.326. The molecular formula is C15H13NO4S. The molecule has 1 aromatic carbocycles.